The van der Waals surface area contributed by atoms with Crippen LogP contribution in [0.15, 0.2) is 18.2 Å². The molecule has 0 spiro atoms. The Balaban J connectivity index is 2.00. The molecule has 1 aromatic rings. The third-order valence-corrected chi connectivity index (χ3v) is 3.79. The lowest BCUT2D eigenvalue weighted by molar-refractivity contribution is -0.148. The molecular formula is C16H21NO4. The first-order valence-corrected chi connectivity index (χ1v) is 7.19. The number of hydrogen-bond donors (Lipinski definition) is 2. The second-order valence-electron chi connectivity index (χ2n) is 5.57. The number of amides is 1. The van der Waals surface area contributed by atoms with Gasteiger partial charge in [0, 0.05) is 18.7 Å². The van der Waals surface area contributed by atoms with Crippen LogP contribution in [-0.2, 0) is 14.3 Å². The molecule has 0 aromatic heterocycles. The first-order valence-electron chi connectivity index (χ1n) is 7.19. The quantitative estimate of drug-likeness (QED) is 0.874. The standard InChI is InChI=1S/C16H21NO4/c1-10-5-6-13(11(2)8-10)17-15(18)9-12(16(19)20)14-4-3-7-21-14/h5-6,8,12,14H,3-4,7,9H2,1-2H3,(H,17,18)(H,19,20)/t12-,14+/m1/s1. The van der Waals surface area contributed by atoms with Crippen molar-refractivity contribution in [2.75, 3.05) is 11.9 Å². The number of benzene rings is 1. The van der Waals surface area contributed by atoms with Crippen LogP contribution in [0.25, 0.3) is 0 Å². The first kappa shape index (κ1) is 15.5. The molecular weight excluding hydrogens is 270 g/mol. The second-order valence-corrected chi connectivity index (χ2v) is 5.57. The summed E-state index contributed by atoms with van der Waals surface area (Å²) in [6, 6.07) is 5.73. The minimum atomic E-state index is -0.974. The summed E-state index contributed by atoms with van der Waals surface area (Å²) in [5.41, 5.74) is 2.81. The van der Waals surface area contributed by atoms with E-state index in [2.05, 4.69) is 5.32 Å². The number of nitrogens with one attached hydrogen (secondary N) is 1. The van der Waals surface area contributed by atoms with Crippen LogP contribution in [0, 0.1) is 19.8 Å². The molecule has 5 heteroatoms. The molecule has 1 amide bonds. The van der Waals surface area contributed by atoms with Gasteiger partial charge in [-0.25, -0.2) is 0 Å². The Kier molecular flexibility index (Phi) is 4.96. The minimum absolute atomic E-state index is 0.0622. The number of carboxylic acids is 1. The average Bonchev–Trinajstić information content (AvgIpc) is 2.92. The van der Waals surface area contributed by atoms with Crippen molar-refractivity contribution in [1.29, 1.82) is 0 Å². The van der Waals surface area contributed by atoms with Crippen molar-refractivity contribution >= 4 is 17.6 Å². The summed E-state index contributed by atoms with van der Waals surface area (Å²) in [6.45, 7) is 4.47. The lowest BCUT2D eigenvalue weighted by Gasteiger charge is -2.18. The Bertz CT molecular complexity index is 535. The molecule has 21 heavy (non-hydrogen) atoms. The monoisotopic (exact) mass is 291 g/mol. The summed E-state index contributed by atoms with van der Waals surface area (Å²) in [5.74, 6) is -2.04. The van der Waals surface area contributed by atoms with E-state index in [1.165, 1.54) is 0 Å². The zero-order valence-corrected chi connectivity index (χ0v) is 12.4. The number of carbonyl (C=O) groups excluding carboxylic acids is 1. The number of ether oxygens (including phenoxy) is 1. The smallest absolute Gasteiger partial charge is 0.309 e. The molecule has 114 valence electrons. The maximum absolute atomic E-state index is 12.1. The Labute approximate surface area is 124 Å². The van der Waals surface area contributed by atoms with Crippen LogP contribution in [0.2, 0.25) is 0 Å². The zero-order chi connectivity index (χ0) is 15.4. The highest BCUT2D eigenvalue weighted by atomic mass is 16.5. The third kappa shape index (κ3) is 4.04. The minimum Gasteiger partial charge on any atom is -0.481 e. The van der Waals surface area contributed by atoms with Crippen molar-refractivity contribution in [3.05, 3.63) is 29.3 Å². The zero-order valence-electron chi connectivity index (χ0n) is 12.4. The molecule has 2 rings (SSSR count). The van der Waals surface area contributed by atoms with Gasteiger partial charge in [0.15, 0.2) is 0 Å². The SMILES string of the molecule is Cc1ccc(NC(=O)C[C@@H](C(=O)O)[C@@H]2CCCO2)c(C)c1. The fraction of sp³-hybridized carbons (Fsp3) is 0.500. The van der Waals surface area contributed by atoms with Gasteiger partial charge < -0.3 is 15.2 Å². The summed E-state index contributed by atoms with van der Waals surface area (Å²) in [6.07, 6.45) is 1.14. The Morgan fingerprint density at radius 2 is 2.19 bits per heavy atom. The molecule has 1 fully saturated rings. The highest BCUT2D eigenvalue weighted by molar-refractivity contribution is 5.93. The van der Waals surface area contributed by atoms with Gasteiger partial charge in [0.25, 0.3) is 0 Å². The van der Waals surface area contributed by atoms with E-state index in [0.717, 1.165) is 23.2 Å². The molecule has 1 aromatic carbocycles. The van der Waals surface area contributed by atoms with Gasteiger partial charge >= 0.3 is 5.97 Å². The number of rotatable bonds is 5. The lowest BCUT2D eigenvalue weighted by atomic mass is 9.96. The largest absolute Gasteiger partial charge is 0.481 e. The highest BCUT2D eigenvalue weighted by Gasteiger charge is 2.33. The fourth-order valence-corrected chi connectivity index (χ4v) is 2.65. The maximum atomic E-state index is 12.1. The second kappa shape index (κ2) is 6.72. The van der Waals surface area contributed by atoms with Crippen molar-refractivity contribution < 1.29 is 19.4 Å². The summed E-state index contributed by atoms with van der Waals surface area (Å²) >= 11 is 0. The molecule has 0 bridgehead atoms. The molecule has 0 aliphatic carbocycles. The van der Waals surface area contributed by atoms with Crippen LogP contribution in [-0.4, -0.2) is 29.7 Å². The molecule has 1 saturated heterocycles. The summed E-state index contributed by atoms with van der Waals surface area (Å²) in [4.78, 5) is 23.4. The number of anilines is 1. The van der Waals surface area contributed by atoms with Crippen molar-refractivity contribution in [3.63, 3.8) is 0 Å². The predicted molar refractivity (Wildman–Crippen MR) is 79.3 cm³/mol. The molecule has 0 unspecified atom stereocenters. The van der Waals surface area contributed by atoms with Gasteiger partial charge in [0.2, 0.25) is 5.91 Å². The van der Waals surface area contributed by atoms with E-state index in [1.54, 1.807) is 0 Å². The molecule has 2 atom stereocenters. The summed E-state index contributed by atoms with van der Waals surface area (Å²) in [5, 5.41) is 12.1. The van der Waals surface area contributed by atoms with Gasteiger partial charge in [-0.3, -0.25) is 9.59 Å². The average molecular weight is 291 g/mol. The molecule has 0 radical (unpaired) electrons. The van der Waals surface area contributed by atoms with Gasteiger partial charge in [0.05, 0.1) is 12.0 Å². The number of aliphatic carboxylic acids is 1. The third-order valence-electron chi connectivity index (χ3n) is 3.79. The lowest BCUT2D eigenvalue weighted by Crippen LogP contribution is -2.31. The molecule has 1 heterocycles. The van der Waals surface area contributed by atoms with Crippen molar-refractivity contribution in [2.24, 2.45) is 5.92 Å². The van der Waals surface area contributed by atoms with Crippen LogP contribution in [0.4, 0.5) is 5.69 Å². The van der Waals surface area contributed by atoms with Crippen LogP contribution >= 0.6 is 0 Å². The van der Waals surface area contributed by atoms with Crippen LogP contribution in [0.5, 0.6) is 0 Å². The first-order chi connectivity index (χ1) is 9.97. The van der Waals surface area contributed by atoms with Crippen molar-refractivity contribution in [2.45, 2.75) is 39.2 Å². The van der Waals surface area contributed by atoms with Gasteiger partial charge in [0.1, 0.15) is 0 Å². The summed E-state index contributed by atoms with van der Waals surface area (Å²) in [7, 11) is 0. The fourth-order valence-electron chi connectivity index (χ4n) is 2.65. The van der Waals surface area contributed by atoms with Crippen LogP contribution in [0.1, 0.15) is 30.4 Å². The van der Waals surface area contributed by atoms with Gasteiger partial charge in [-0.15, -0.1) is 0 Å². The van der Waals surface area contributed by atoms with Gasteiger partial charge in [-0.05, 0) is 38.3 Å². The van der Waals surface area contributed by atoms with Gasteiger partial charge in [-0.1, -0.05) is 17.7 Å². The Morgan fingerprint density at radius 1 is 1.43 bits per heavy atom. The molecule has 1 aliphatic heterocycles. The van der Waals surface area contributed by atoms with Crippen molar-refractivity contribution in [3.8, 4) is 0 Å². The normalized spacial score (nSPS) is 19.2. The summed E-state index contributed by atoms with van der Waals surface area (Å²) < 4.78 is 5.41. The van der Waals surface area contributed by atoms with E-state index in [4.69, 9.17) is 4.74 Å². The number of carboxylic acid groups (broad SMARTS) is 1. The maximum Gasteiger partial charge on any atom is 0.309 e. The van der Waals surface area contributed by atoms with E-state index >= 15 is 0 Å². The van der Waals surface area contributed by atoms with E-state index in [9.17, 15) is 14.7 Å². The topological polar surface area (TPSA) is 75.6 Å². The Hall–Kier alpha value is -1.88. The molecule has 1 aliphatic rings. The van der Waals surface area contributed by atoms with E-state index < -0.39 is 11.9 Å². The molecule has 0 saturated carbocycles. The highest BCUT2D eigenvalue weighted by Crippen LogP contribution is 2.24. The van der Waals surface area contributed by atoms with Gasteiger partial charge in [-0.2, -0.15) is 0 Å². The van der Waals surface area contributed by atoms with E-state index in [-0.39, 0.29) is 18.4 Å². The molecule has 2 N–H and O–H groups in total. The van der Waals surface area contributed by atoms with Crippen molar-refractivity contribution in [1.82, 2.24) is 0 Å². The number of aryl methyl sites for hydroxylation is 2. The van der Waals surface area contributed by atoms with E-state index in [1.807, 2.05) is 32.0 Å². The van der Waals surface area contributed by atoms with Crippen LogP contribution in [0.3, 0.4) is 0 Å². The molecule has 5 nitrogen and oxygen atoms in total. The number of hydrogen-bond acceptors (Lipinski definition) is 3. The number of carbonyl (C=O) groups is 2. The van der Waals surface area contributed by atoms with E-state index in [0.29, 0.717) is 13.0 Å². The van der Waals surface area contributed by atoms with Crippen LogP contribution < -0.4 is 5.32 Å². The Morgan fingerprint density at radius 3 is 2.76 bits per heavy atom. The predicted octanol–water partition coefficient (Wildman–Crippen LogP) is 2.51.